The van der Waals surface area contributed by atoms with Crippen LogP contribution >= 0.6 is 15.9 Å². The average molecular weight is 211 g/mol. The van der Waals surface area contributed by atoms with Gasteiger partial charge >= 0.3 is 0 Å². The van der Waals surface area contributed by atoms with E-state index < -0.39 is 0 Å². The van der Waals surface area contributed by atoms with Gasteiger partial charge in [0, 0.05) is 12.4 Å². The Bertz CT molecular complexity index is 68.6. The number of hydrogen-bond donors (Lipinski definition) is 0. The molecule has 3 heteroatoms. The molecule has 62 valence electrons. The van der Waals surface area contributed by atoms with Gasteiger partial charge in [-0.05, 0) is 12.3 Å². The van der Waals surface area contributed by atoms with Crippen molar-refractivity contribution < 1.29 is 9.47 Å². The molecule has 0 saturated carbocycles. The van der Waals surface area contributed by atoms with Crippen LogP contribution in [-0.2, 0) is 9.47 Å². The van der Waals surface area contributed by atoms with Crippen LogP contribution in [0, 0.1) is 5.92 Å². The summed E-state index contributed by atoms with van der Waals surface area (Å²) in [6.45, 7) is 3.36. The Morgan fingerprint density at radius 1 is 1.50 bits per heavy atom. The van der Waals surface area contributed by atoms with Crippen LogP contribution in [0.1, 0.15) is 13.3 Å². The summed E-state index contributed by atoms with van der Waals surface area (Å²) < 4.78 is 9.89. The van der Waals surface area contributed by atoms with Gasteiger partial charge in [0.2, 0.25) is 0 Å². The van der Waals surface area contributed by atoms with Gasteiger partial charge in [-0.25, -0.2) is 0 Å². The van der Waals surface area contributed by atoms with Crippen molar-refractivity contribution in [2.75, 3.05) is 25.8 Å². The molecular formula is C7H15BrO2. The minimum Gasteiger partial charge on any atom is -0.359 e. The largest absolute Gasteiger partial charge is 0.359 e. The van der Waals surface area contributed by atoms with Gasteiger partial charge in [-0.3, -0.25) is 0 Å². The highest BCUT2D eigenvalue weighted by Gasteiger charge is 1.99. The normalized spacial score (nSPS) is 13.5. The molecule has 0 aromatic rings. The second-order valence-corrected chi connectivity index (χ2v) is 3.15. The lowest BCUT2D eigenvalue weighted by atomic mass is 10.1. The minimum atomic E-state index is 0.409. The lowest BCUT2D eigenvalue weighted by molar-refractivity contribution is -0.0416. The monoisotopic (exact) mass is 210 g/mol. The van der Waals surface area contributed by atoms with Gasteiger partial charge in [-0.1, -0.05) is 22.9 Å². The molecule has 0 fully saturated rings. The third-order valence-electron chi connectivity index (χ3n) is 1.21. The highest BCUT2D eigenvalue weighted by atomic mass is 79.9. The average Bonchev–Trinajstić information content (AvgIpc) is 1.89. The molecule has 0 amide bonds. The Hall–Kier alpha value is 0.400. The highest BCUT2D eigenvalue weighted by Crippen LogP contribution is 2.03. The predicted octanol–water partition coefficient (Wildman–Crippen LogP) is 2.03. The van der Waals surface area contributed by atoms with Crippen LogP contribution in [0.25, 0.3) is 0 Å². The van der Waals surface area contributed by atoms with E-state index in [9.17, 15) is 0 Å². The van der Waals surface area contributed by atoms with Crippen molar-refractivity contribution >= 4 is 15.9 Å². The highest BCUT2D eigenvalue weighted by molar-refractivity contribution is 9.09. The fourth-order valence-electron chi connectivity index (χ4n) is 0.602. The molecule has 0 radical (unpaired) electrons. The van der Waals surface area contributed by atoms with Crippen LogP contribution in [-0.4, -0.2) is 25.8 Å². The number of halogens is 1. The van der Waals surface area contributed by atoms with E-state index >= 15 is 0 Å². The first-order valence-corrected chi connectivity index (χ1v) is 4.56. The van der Waals surface area contributed by atoms with E-state index in [1.54, 1.807) is 7.11 Å². The molecule has 0 aliphatic rings. The molecule has 0 saturated heterocycles. The maximum absolute atomic E-state index is 5.15. The molecule has 0 aromatic heterocycles. The second-order valence-electron chi connectivity index (χ2n) is 2.36. The molecule has 0 rings (SSSR count). The van der Waals surface area contributed by atoms with Gasteiger partial charge in [-0.15, -0.1) is 0 Å². The van der Waals surface area contributed by atoms with E-state index in [2.05, 4.69) is 22.9 Å². The van der Waals surface area contributed by atoms with Crippen LogP contribution < -0.4 is 0 Å². The maximum atomic E-state index is 5.15. The van der Waals surface area contributed by atoms with Crippen molar-refractivity contribution in [3.05, 3.63) is 0 Å². The van der Waals surface area contributed by atoms with Crippen LogP contribution in [0.3, 0.4) is 0 Å². The standard InChI is InChI=1S/C7H15BrO2/c1-7(3-4-8)5-10-6-9-2/h7H,3-6H2,1-2H3/t7-/m0/s1. The number of methoxy groups -OCH3 is 1. The van der Waals surface area contributed by atoms with Crippen molar-refractivity contribution in [2.45, 2.75) is 13.3 Å². The third kappa shape index (κ3) is 6.52. The molecule has 2 nitrogen and oxygen atoms in total. The predicted molar refractivity (Wildman–Crippen MR) is 45.4 cm³/mol. The van der Waals surface area contributed by atoms with Gasteiger partial charge < -0.3 is 9.47 Å². The molecular weight excluding hydrogens is 196 g/mol. The smallest absolute Gasteiger partial charge is 0.146 e. The van der Waals surface area contributed by atoms with E-state index in [-0.39, 0.29) is 0 Å². The number of ether oxygens (including phenoxy) is 2. The molecule has 0 N–H and O–H groups in total. The van der Waals surface area contributed by atoms with Gasteiger partial charge in [0.25, 0.3) is 0 Å². The first-order valence-electron chi connectivity index (χ1n) is 3.44. The molecule has 0 aliphatic heterocycles. The van der Waals surface area contributed by atoms with Gasteiger partial charge in [-0.2, -0.15) is 0 Å². The Kier molecular flexibility index (Phi) is 7.81. The van der Waals surface area contributed by atoms with Crippen LogP contribution in [0.4, 0.5) is 0 Å². The molecule has 0 aliphatic carbocycles. The van der Waals surface area contributed by atoms with E-state index in [4.69, 9.17) is 9.47 Å². The molecule has 1 atom stereocenters. The summed E-state index contributed by atoms with van der Waals surface area (Å²) >= 11 is 3.37. The van der Waals surface area contributed by atoms with Crippen LogP contribution in [0.15, 0.2) is 0 Å². The van der Waals surface area contributed by atoms with Crippen molar-refractivity contribution in [3.63, 3.8) is 0 Å². The van der Waals surface area contributed by atoms with Gasteiger partial charge in [0.15, 0.2) is 0 Å². The minimum absolute atomic E-state index is 0.409. The third-order valence-corrected chi connectivity index (χ3v) is 1.66. The number of hydrogen-bond acceptors (Lipinski definition) is 2. The number of alkyl halides is 1. The zero-order chi connectivity index (χ0) is 7.82. The van der Waals surface area contributed by atoms with Gasteiger partial charge in [0.05, 0.1) is 6.61 Å². The van der Waals surface area contributed by atoms with Crippen molar-refractivity contribution in [2.24, 2.45) is 5.92 Å². The molecule has 0 bridgehead atoms. The summed E-state index contributed by atoms with van der Waals surface area (Å²) in [6, 6.07) is 0. The van der Waals surface area contributed by atoms with E-state index in [0.29, 0.717) is 12.7 Å². The summed E-state index contributed by atoms with van der Waals surface area (Å²) in [4.78, 5) is 0. The quantitative estimate of drug-likeness (QED) is 0.380. The maximum Gasteiger partial charge on any atom is 0.146 e. The Morgan fingerprint density at radius 3 is 2.70 bits per heavy atom. The summed E-state index contributed by atoms with van der Waals surface area (Å²) in [5.41, 5.74) is 0. The van der Waals surface area contributed by atoms with Crippen LogP contribution in [0.2, 0.25) is 0 Å². The summed E-state index contributed by atoms with van der Waals surface area (Å²) in [5, 5.41) is 1.05. The lowest BCUT2D eigenvalue weighted by Gasteiger charge is -2.08. The summed E-state index contributed by atoms with van der Waals surface area (Å²) in [7, 11) is 1.63. The number of rotatable bonds is 6. The molecule has 0 aromatic carbocycles. The first-order chi connectivity index (χ1) is 4.81. The van der Waals surface area contributed by atoms with Crippen molar-refractivity contribution in [3.8, 4) is 0 Å². The van der Waals surface area contributed by atoms with Crippen molar-refractivity contribution in [1.82, 2.24) is 0 Å². The fourth-order valence-corrected chi connectivity index (χ4v) is 1.38. The molecule has 10 heavy (non-hydrogen) atoms. The SMILES string of the molecule is COCOC[C@@H](C)CCBr. The Balaban J connectivity index is 2.97. The second kappa shape index (κ2) is 7.51. The van der Waals surface area contributed by atoms with E-state index in [1.807, 2.05) is 0 Å². The summed E-state index contributed by atoms with van der Waals surface area (Å²) in [5.74, 6) is 0.620. The fraction of sp³-hybridized carbons (Fsp3) is 1.00. The van der Waals surface area contributed by atoms with Gasteiger partial charge in [0.1, 0.15) is 6.79 Å². The molecule has 0 spiro atoms. The van der Waals surface area contributed by atoms with Crippen molar-refractivity contribution in [1.29, 1.82) is 0 Å². The topological polar surface area (TPSA) is 18.5 Å². The zero-order valence-corrected chi connectivity index (χ0v) is 8.19. The van der Waals surface area contributed by atoms with E-state index in [0.717, 1.165) is 18.4 Å². The van der Waals surface area contributed by atoms with E-state index in [1.165, 1.54) is 0 Å². The zero-order valence-electron chi connectivity index (χ0n) is 6.60. The van der Waals surface area contributed by atoms with Crippen LogP contribution in [0.5, 0.6) is 0 Å². The molecule has 0 unspecified atom stereocenters. The molecule has 0 heterocycles. The lowest BCUT2D eigenvalue weighted by Crippen LogP contribution is -2.07. The first kappa shape index (κ1) is 10.4. The Labute approximate surface area is 71.0 Å². The summed E-state index contributed by atoms with van der Waals surface area (Å²) in [6.07, 6.45) is 1.16. The Morgan fingerprint density at radius 2 is 2.20 bits per heavy atom.